The van der Waals surface area contributed by atoms with Crippen molar-refractivity contribution in [2.75, 3.05) is 0 Å². The van der Waals surface area contributed by atoms with Crippen molar-refractivity contribution in [3.05, 3.63) is 32.6 Å². The quantitative estimate of drug-likeness (QED) is 0.630. The number of carbonyl (C=O) groups is 1. The number of ketones is 1. The maximum Gasteiger partial charge on any atom is 0.330 e. The molecule has 1 aromatic rings. The summed E-state index contributed by atoms with van der Waals surface area (Å²) in [6.45, 7) is 0. The van der Waals surface area contributed by atoms with Crippen molar-refractivity contribution in [3.63, 3.8) is 0 Å². The standard InChI is InChI=1S/C8H8F2N2O3/c1-11-3-4(5(13)6(9)10)7(14)12(2)8(11)15/h3,6H,1-2H3. The monoisotopic (exact) mass is 218 g/mol. The van der Waals surface area contributed by atoms with Gasteiger partial charge in [0.25, 0.3) is 5.56 Å². The number of halogens is 2. The average molecular weight is 218 g/mol. The van der Waals surface area contributed by atoms with Crippen molar-refractivity contribution < 1.29 is 13.6 Å². The van der Waals surface area contributed by atoms with E-state index in [9.17, 15) is 23.2 Å². The van der Waals surface area contributed by atoms with Gasteiger partial charge in [0, 0.05) is 20.3 Å². The van der Waals surface area contributed by atoms with Crippen molar-refractivity contribution in [1.29, 1.82) is 0 Å². The SMILES string of the molecule is Cn1cc(C(=O)C(F)F)c(=O)n(C)c1=O. The van der Waals surface area contributed by atoms with Crippen LogP contribution < -0.4 is 11.2 Å². The van der Waals surface area contributed by atoms with Crippen LogP contribution in [-0.4, -0.2) is 21.3 Å². The molecule has 5 nitrogen and oxygen atoms in total. The van der Waals surface area contributed by atoms with Crippen molar-refractivity contribution in [2.45, 2.75) is 6.43 Å². The maximum atomic E-state index is 12.1. The van der Waals surface area contributed by atoms with E-state index in [0.29, 0.717) is 4.57 Å². The number of rotatable bonds is 2. The Kier molecular flexibility index (Phi) is 2.83. The molecule has 7 heteroatoms. The zero-order chi connectivity index (χ0) is 11.7. The van der Waals surface area contributed by atoms with Gasteiger partial charge in [-0.25, -0.2) is 13.6 Å². The number of aryl methyl sites for hydroxylation is 1. The van der Waals surface area contributed by atoms with Gasteiger partial charge in [-0.3, -0.25) is 14.2 Å². The Morgan fingerprint density at radius 2 is 1.87 bits per heavy atom. The molecule has 0 radical (unpaired) electrons. The molecule has 0 aliphatic carbocycles. The van der Waals surface area contributed by atoms with Crippen LogP contribution in [0.4, 0.5) is 8.78 Å². The highest BCUT2D eigenvalue weighted by atomic mass is 19.3. The van der Waals surface area contributed by atoms with Crippen LogP contribution >= 0.6 is 0 Å². The molecule has 0 fully saturated rings. The van der Waals surface area contributed by atoms with Gasteiger partial charge in [0.15, 0.2) is 0 Å². The summed E-state index contributed by atoms with van der Waals surface area (Å²) < 4.78 is 25.7. The average Bonchev–Trinajstić information content (AvgIpc) is 2.19. The van der Waals surface area contributed by atoms with E-state index < -0.39 is 29.0 Å². The second-order valence-electron chi connectivity index (χ2n) is 2.97. The molecule has 1 rings (SSSR count). The highest BCUT2D eigenvalue weighted by Gasteiger charge is 2.22. The lowest BCUT2D eigenvalue weighted by Gasteiger charge is -2.04. The Hall–Kier alpha value is -1.79. The van der Waals surface area contributed by atoms with E-state index in [-0.39, 0.29) is 0 Å². The van der Waals surface area contributed by atoms with Crippen molar-refractivity contribution in [1.82, 2.24) is 9.13 Å². The Labute approximate surface area is 82.6 Å². The molecule has 0 aliphatic heterocycles. The first-order chi connectivity index (χ1) is 6.86. The van der Waals surface area contributed by atoms with E-state index in [1.807, 2.05) is 0 Å². The molecule has 15 heavy (non-hydrogen) atoms. The number of hydrogen-bond acceptors (Lipinski definition) is 3. The van der Waals surface area contributed by atoms with Gasteiger partial charge >= 0.3 is 12.1 Å². The summed E-state index contributed by atoms with van der Waals surface area (Å²) >= 11 is 0. The van der Waals surface area contributed by atoms with E-state index in [2.05, 4.69) is 0 Å². The fourth-order valence-corrected chi connectivity index (χ4v) is 1.09. The molecular formula is C8H8F2N2O3. The zero-order valence-electron chi connectivity index (χ0n) is 8.03. The Morgan fingerprint density at radius 3 is 2.33 bits per heavy atom. The van der Waals surface area contributed by atoms with Crippen LogP contribution in [0.5, 0.6) is 0 Å². The minimum absolute atomic E-state index is 0.607. The van der Waals surface area contributed by atoms with Crippen LogP contribution in [0.1, 0.15) is 10.4 Å². The van der Waals surface area contributed by atoms with Gasteiger partial charge in [-0.1, -0.05) is 0 Å². The van der Waals surface area contributed by atoms with E-state index >= 15 is 0 Å². The molecular weight excluding hydrogens is 210 g/mol. The lowest BCUT2D eigenvalue weighted by molar-refractivity contribution is 0.0675. The molecule has 0 saturated heterocycles. The predicted molar refractivity (Wildman–Crippen MR) is 47.3 cm³/mol. The van der Waals surface area contributed by atoms with Crippen molar-refractivity contribution in [2.24, 2.45) is 14.1 Å². The van der Waals surface area contributed by atoms with Crippen molar-refractivity contribution in [3.8, 4) is 0 Å². The number of nitrogens with zero attached hydrogens (tertiary/aromatic N) is 2. The number of aromatic nitrogens is 2. The molecule has 0 atom stereocenters. The molecule has 0 saturated carbocycles. The summed E-state index contributed by atoms with van der Waals surface area (Å²) in [5, 5.41) is 0. The lowest BCUT2D eigenvalue weighted by atomic mass is 10.2. The van der Waals surface area contributed by atoms with Crippen LogP contribution in [0.15, 0.2) is 15.8 Å². The van der Waals surface area contributed by atoms with Crippen LogP contribution in [0.3, 0.4) is 0 Å². The summed E-state index contributed by atoms with van der Waals surface area (Å²) in [4.78, 5) is 33.3. The molecule has 1 aromatic heterocycles. The Balaban J connectivity index is 3.53. The molecule has 0 amide bonds. The Bertz CT molecular complexity index is 516. The van der Waals surface area contributed by atoms with Gasteiger partial charge in [-0.05, 0) is 0 Å². The highest BCUT2D eigenvalue weighted by molar-refractivity contribution is 5.97. The second kappa shape index (κ2) is 3.76. The smallest absolute Gasteiger partial charge is 0.303 e. The molecule has 0 unspecified atom stereocenters. The molecule has 1 heterocycles. The van der Waals surface area contributed by atoms with E-state index in [0.717, 1.165) is 17.8 Å². The fourth-order valence-electron chi connectivity index (χ4n) is 1.09. The normalized spacial score (nSPS) is 10.7. The van der Waals surface area contributed by atoms with Gasteiger partial charge in [-0.2, -0.15) is 0 Å². The summed E-state index contributed by atoms with van der Waals surface area (Å²) in [7, 11) is 2.39. The number of alkyl halides is 2. The molecule has 0 aliphatic rings. The van der Waals surface area contributed by atoms with Crippen LogP contribution in [-0.2, 0) is 14.1 Å². The highest BCUT2D eigenvalue weighted by Crippen LogP contribution is 2.01. The molecule has 82 valence electrons. The summed E-state index contributed by atoms with van der Waals surface area (Å²) in [6, 6.07) is 0. The van der Waals surface area contributed by atoms with E-state index in [1.165, 1.54) is 7.05 Å². The third-order valence-electron chi connectivity index (χ3n) is 1.91. The van der Waals surface area contributed by atoms with Gasteiger partial charge < -0.3 is 4.57 Å². The van der Waals surface area contributed by atoms with E-state index in [4.69, 9.17) is 0 Å². The Morgan fingerprint density at radius 1 is 1.33 bits per heavy atom. The lowest BCUT2D eigenvalue weighted by Crippen LogP contribution is -2.40. The predicted octanol–water partition coefficient (Wildman–Crippen LogP) is -0.468. The third-order valence-corrected chi connectivity index (χ3v) is 1.91. The maximum absolute atomic E-state index is 12.1. The third kappa shape index (κ3) is 1.85. The fraction of sp³-hybridized carbons (Fsp3) is 0.375. The summed E-state index contributed by atoms with van der Waals surface area (Å²) in [6.07, 6.45) is -2.44. The van der Waals surface area contributed by atoms with Gasteiger partial charge in [0.2, 0.25) is 5.78 Å². The minimum Gasteiger partial charge on any atom is -0.303 e. The van der Waals surface area contributed by atoms with Crippen LogP contribution in [0.2, 0.25) is 0 Å². The zero-order valence-corrected chi connectivity index (χ0v) is 8.03. The molecule has 0 spiro atoms. The number of carbonyl (C=O) groups excluding carboxylic acids is 1. The number of hydrogen-bond donors (Lipinski definition) is 0. The minimum atomic E-state index is -3.25. The van der Waals surface area contributed by atoms with Gasteiger partial charge in [0.05, 0.1) is 0 Å². The number of Topliss-reactive ketones (excluding diaryl/α,β-unsaturated/α-hetero) is 1. The van der Waals surface area contributed by atoms with E-state index in [1.54, 1.807) is 0 Å². The first-order valence-corrected chi connectivity index (χ1v) is 3.95. The van der Waals surface area contributed by atoms with Crippen molar-refractivity contribution >= 4 is 5.78 Å². The van der Waals surface area contributed by atoms with Crippen LogP contribution in [0.25, 0.3) is 0 Å². The first-order valence-electron chi connectivity index (χ1n) is 3.95. The largest absolute Gasteiger partial charge is 0.330 e. The molecule has 0 N–H and O–H groups in total. The topological polar surface area (TPSA) is 61.1 Å². The first kappa shape index (κ1) is 11.3. The molecule has 0 bridgehead atoms. The second-order valence-corrected chi connectivity index (χ2v) is 2.97. The summed E-state index contributed by atoms with van der Waals surface area (Å²) in [5.74, 6) is -1.58. The van der Waals surface area contributed by atoms with Gasteiger partial charge in [-0.15, -0.1) is 0 Å². The summed E-state index contributed by atoms with van der Waals surface area (Å²) in [5.41, 5.74) is -2.37. The molecule has 0 aromatic carbocycles. The van der Waals surface area contributed by atoms with Crippen LogP contribution in [0, 0.1) is 0 Å². The van der Waals surface area contributed by atoms with Gasteiger partial charge in [0.1, 0.15) is 5.56 Å².